The van der Waals surface area contributed by atoms with Crippen LogP contribution in [-0.2, 0) is 4.79 Å². The van der Waals surface area contributed by atoms with Gasteiger partial charge in [0.05, 0.1) is 6.54 Å². The van der Waals surface area contributed by atoms with E-state index in [1.807, 2.05) is 26.1 Å². The third-order valence-corrected chi connectivity index (χ3v) is 2.70. The Morgan fingerprint density at radius 2 is 2.20 bits per heavy atom. The number of hydrogen-bond acceptors (Lipinski definition) is 3. The van der Waals surface area contributed by atoms with Crippen LogP contribution in [0.15, 0.2) is 18.3 Å². The fourth-order valence-electron chi connectivity index (χ4n) is 1.71. The van der Waals surface area contributed by atoms with Crippen molar-refractivity contribution in [2.45, 2.75) is 6.92 Å². The van der Waals surface area contributed by atoms with Crippen molar-refractivity contribution in [3.8, 4) is 0 Å². The maximum absolute atomic E-state index is 11.5. The molecule has 0 radical (unpaired) electrons. The molecular formula is C11H15N3O. The summed E-state index contributed by atoms with van der Waals surface area (Å²) in [6.07, 6.45) is 1.79. The van der Waals surface area contributed by atoms with Gasteiger partial charge in [-0.2, -0.15) is 0 Å². The van der Waals surface area contributed by atoms with Crippen molar-refractivity contribution in [3.05, 3.63) is 24.0 Å². The summed E-state index contributed by atoms with van der Waals surface area (Å²) in [4.78, 5) is 19.5. The molecule has 0 N–H and O–H groups in total. The molecule has 0 aliphatic carbocycles. The van der Waals surface area contributed by atoms with Crippen molar-refractivity contribution in [1.29, 1.82) is 0 Å². The lowest BCUT2D eigenvalue weighted by Gasteiger charge is -2.33. The van der Waals surface area contributed by atoms with Crippen molar-refractivity contribution < 1.29 is 4.79 Å². The smallest absolute Gasteiger partial charge is 0.241 e. The normalized spacial score (nSPS) is 17.1. The van der Waals surface area contributed by atoms with E-state index in [-0.39, 0.29) is 5.91 Å². The van der Waals surface area contributed by atoms with E-state index < -0.39 is 0 Å². The van der Waals surface area contributed by atoms with Gasteiger partial charge in [0, 0.05) is 37.7 Å². The molecule has 1 aromatic rings. The number of amides is 1. The molecule has 0 atom stereocenters. The molecule has 0 aromatic carbocycles. The number of likely N-dealkylation sites (N-methyl/N-ethyl adjacent to an activating group) is 1. The first kappa shape index (κ1) is 9.96. The van der Waals surface area contributed by atoms with Crippen LogP contribution in [0.25, 0.3) is 0 Å². The van der Waals surface area contributed by atoms with E-state index in [2.05, 4.69) is 9.88 Å². The van der Waals surface area contributed by atoms with E-state index >= 15 is 0 Å². The fraction of sp³-hybridized carbons (Fsp3) is 0.455. The fourth-order valence-corrected chi connectivity index (χ4v) is 1.71. The molecule has 4 heteroatoms. The quantitative estimate of drug-likeness (QED) is 0.676. The zero-order chi connectivity index (χ0) is 10.8. The van der Waals surface area contributed by atoms with Gasteiger partial charge in [0.25, 0.3) is 0 Å². The SMILES string of the molecule is Cc1cc(N2CCN(C)C(=O)C2)ccn1. The number of pyridine rings is 1. The third-order valence-electron chi connectivity index (χ3n) is 2.70. The van der Waals surface area contributed by atoms with E-state index in [1.54, 1.807) is 11.1 Å². The maximum Gasteiger partial charge on any atom is 0.241 e. The number of anilines is 1. The minimum atomic E-state index is 0.177. The monoisotopic (exact) mass is 205 g/mol. The molecule has 1 aromatic heterocycles. The van der Waals surface area contributed by atoms with Gasteiger partial charge < -0.3 is 9.80 Å². The zero-order valence-electron chi connectivity index (χ0n) is 9.10. The van der Waals surface area contributed by atoms with E-state index in [1.165, 1.54) is 0 Å². The minimum absolute atomic E-state index is 0.177. The van der Waals surface area contributed by atoms with Gasteiger partial charge in [0.1, 0.15) is 0 Å². The lowest BCUT2D eigenvalue weighted by atomic mass is 10.2. The molecule has 15 heavy (non-hydrogen) atoms. The molecule has 1 amide bonds. The highest BCUT2D eigenvalue weighted by Crippen LogP contribution is 2.16. The summed E-state index contributed by atoms with van der Waals surface area (Å²) in [6, 6.07) is 3.96. The summed E-state index contributed by atoms with van der Waals surface area (Å²) < 4.78 is 0. The van der Waals surface area contributed by atoms with Crippen LogP contribution in [0, 0.1) is 6.92 Å². The van der Waals surface area contributed by atoms with Gasteiger partial charge in [0.2, 0.25) is 5.91 Å². The Hall–Kier alpha value is -1.58. The number of aryl methyl sites for hydroxylation is 1. The molecule has 1 saturated heterocycles. The Bertz CT molecular complexity index is 378. The largest absolute Gasteiger partial charge is 0.360 e. The Morgan fingerprint density at radius 1 is 1.40 bits per heavy atom. The number of aromatic nitrogens is 1. The van der Waals surface area contributed by atoms with E-state index in [9.17, 15) is 4.79 Å². The van der Waals surface area contributed by atoms with Crippen LogP contribution < -0.4 is 4.90 Å². The predicted octanol–water partition coefficient (Wildman–Crippen LogP) is 0.668. The average Bonchev–Trinajstić information content (AvgIpc) is 2.22. The molecule has 0 saturated carbocycles. The van der Waals surface area contributed by atoms with E-state index in [0.717, 1.165) is 24.5 Å². The van der Waals surface area contributed by atoms with Crippen LogP contribution in [0.4, 0.5) is 5.69 Å². The Kier molecular flexibility index (Phi) is 2.58. The van der Waals surface area contributed by atoms with Crippen molar-refractivity contribution >= 4 is 11.6 Å². The lowest BCUT2D eigenvalue weighted by molar-refractivity contribution is -0.129. The van der Waals surface area contributed by atoms with Crippen LogP contribution in [-0.4, -0.2) is 42.5 Å². The lowest BCUT2D eigenvalue weighted by Crippen LogP contribution is -2.48. The summed E-state index contributed by atoms with van der Waals surface area (Å²) in [5.74, 6) is 0.177. The highest BCUT2D eigenvalue weighted by molar-refractivity contribution is 5.82. The summed E-state index contributed by atoms with van der Waals surface area (Å²) in [5, 5.41) is 0. The van der Waals surface area contributed by atoms with Gasteiger partial charge in [-0.15, -0.1) is 0 Å². The topological polar surface area (TPSA) is 36.4 Å². The van der Waals surface area contributed by atoms with Crippen molar-refractivity contribution in [1.82, 2.24) is 9.88 Å². The van der Waals surface area contributed by atoms with Gasteiger partial charge in [-0.3, -0.25) is 9.78 Å². The second kappa shape index (κ2) is 3.88. The molecule has 2 rings (SSSR count). The van der Waals surface area contributed by atoms with Crippen molar-refractivity contribution in [2.75, 3.05) is 31.6 Å². The molecule has 1 aliphatic rings. The second-order valence-corrected chi connectivity index (χ2v) is 3.89. The Labute approximate surface area is 89.5 Å². The van der Waals surface area contributed by atoms with Crippen LogP contribution in [0.1, 0.15) is 5.69 Å². The average molecular weight is 205 g/mol. The zero-order valence-corrected chi connectivity index (χ0v) is 9.10. The molecule has 0 spiro atoms. The number of rotatable bonds is 1. The minimum Gasteiger partial charge on any atom is -0.360 e. The van der Waals surface area contributed by atoms with Crippen LogP contribution in [0.3, 0.4) is 0 Å². The molecule has 1 fully saturated rings. The van der Waals surface area contributed by atoms with Crippen LogP contribution in [0.2, 0.25) is 0 Å². The number of nitrogens with zero attached hydrogens (tertiary/aromatic N) is 3. The molecule has 80 valence electrons. The van der Waals surface area contributed by atoms with Gasteiger partial charge in [-0.1, -0.05) is 0 Å². The maximum atomic E-state index is 11.5. The van der Waals surface area contributed by atoms with Crippen molar-refractivity contribution in [2.24, 2.45) is 0 Å². The highest BCUT2D eigenvalue weighted by atomic mass is 16.2. The van der Waals surface area contributed by atoms with E-state index in [4.69, 9.17) is 0 Å². The van der Waals surface area contributed by atoms with Gasteiger partial charge in [0.15, 0.2) is 0 Å². The number of hydrogen-bond donors (Lipinski definition) is 0. The van der Waals surface area contributed by atoms with Crippen LogP contribution >= 0.6 is 0 Å². The highest BCUT2D eigenvalue weighted by Gasteiger charge is 2.20. The third kappa shape index (κ3) is 2.09. The van der Waals surface area contributed by atoms with E-state index in [0.29, 0.717) is 6.54 Å². The summed E-state index contributed by atoms with van der Waals surface area (Å²) in [6.45, 7) is 4.12. The summed E-state index contributed by atoms with van der Waals surface area (Å²) in [7, 11) is 1.84. The number of carbonyl (C=O) groups excluding carboxylic acids is 1. The van der Waals surface area contributed by atoms with Gasteiger partial charge >= 0.3 is 0 Å². The standard InChI is InChI=1S/C11H15N3O/c1-9-7-10(3-4-12-9)14-6-5-13(2)11(15)8-14/h3-4,7H,5-6,8H2,1-2H3. The van der Waals surface area contributed by atoms with Crippen molar-refractivity contribution in [3.63, 3.8) is 0 Å². The molecule has 4 nitrogen and oxygen atoms in total. The first-order valence-corrected chi connectivity index (χ1v) is 5.08. The summed E-state index contributed by atoms with van der Waals surface area (Å²) in [5.41, 5.74) is 2.07. The molecule has 0 bridgehead atoms. The van der Waals surface area contributed by atoms with Gasteiger partial charge in [-0.25, -0.2) is 0 Å². The number of carbonyl (C=O) groups is 1. The molecule has 2 heterocycles. The molecular weight excluding hydrogens is 190 g/mol. The molecule has 1 aliphatic heterocycles. The molecule has 0 unspecified atom stereocenters. The Balaban J connectivity index is 2.15. The first-order valence-electron chi connectivity index (χ1n) is 5.08. The predicted molar refractivity (Wildman–Crippen MR) is 58.8 cm³/mol. The number of piperazine rings is 1. The summed E-state index contributed by atoms with van der Waals surface area (Å²) >= 11 is 0. The Morgan fingerprint density at radius 3 is 2.87 bits per heavy atom. The van der Waals surface area contributed by atoms with Gasteiger partial charge in [-0.05, 0) is 19.1 Å². The first-order chi connectivity index (χ1) is 7.16. The van der Waals surface area contributed by atoms with Crippen LogP contribution in [0.5, 0.6) is 0 Å². The second-order valence-electron chi connectivity index (χ2n) is 3.89.